The molecule has 2 rings (SSSR count). The number of nitrogens with one attached hydrogen (secondary N) is 1. The fraction of sp³-hybridized carbons (Fsp3) is 0.0714. The number of hydrogen-bond acceptors (Lipinski definition) is 1. The third kappa shape index (κ3) is 3.46. The lowest BCUT2D eigenvalue weighted by Gasteiger charge is -2.14. The van der Waals surface area contributed by atoms with Gasteiger partial charge < -0.3 is 5.32 Å². The molecule has 0 bridgehead atoms. The molecule has 0 spiro atoms. The smallest absolute Gasteiger partial charge is 0.221 e. The lowest BCUT2D eigenvalue weighted by Crippen LogP contribution is -2.07. The Labute approximate surface area is 137 Å². The largest absolute Gasteiger partial charge is 0.326 e. The molecular formula is C14H10Br3NO. The van der Waals surface area contributed by atoms with E-state index in [0.29, 0.717) is 0 Å². The van der Waals surface area contributed by atoms with E-state index in [9.17, 15) is 4.79 Å². The van der Waals surface area contributed by atoms with Gasteiger partial charge in [-0.3, -0.25) is 4.79 Å². The van der Waals surface area contributed by atoms with Crippen LogP contribution in [-0.2, 0) is 4.79 Å². The Morgan fingerprint density at radius 2 is 1.74 bits per heavy atom. The van der Waals surface area contributed by atoms with Crippen LogP contribution in [0.25, 0.3) is 11.1 Å². The fourth-order valence-corrected chi connectivity index (χ4v) is 3.72. The van der Waals surface area contributed by atoms with E-state index in [1.54, 1.807) is 0 Å². The molecule has 2 aromatic carbocycles. The van der Waals surface area contributed by atoms with Gasteiger partial charge in [0.1, 0.15) is 0 Å². The maximum Gasteiger partial charge on any atom is 0.221 e. The summed E-state index contributed by atoms with van der Waals surface area (Å²) in [5.41, 5.74) is 2.73. The molecule has 0 aliphatic carbocycles. The number of carbonyl (C=O) groups is 1. The molecule has 0 heterocycles. The standard InChI is InChI=1S/C14H10Br3NO/c1-8(19)18-13-7-9(15)6-12(17)14(13)10-4-2-3-5-11(10)16/h2-7H,1H3,(H,18,19). The second-order valence-corrected chi connectivity index (χ2v) is 6.60. The van der Waals surface area contributed by atoms with Crippen LogP contribution >= 0.6 is 47.8 Å². The Bertz CT molecular complexity index is 641. The van der Waals surface area contributed by atoms with Crippen molar-refractivity contribution in [1.82, 2.24) is 0 Å². The predicted octanol–water partition coefficient (Wildman–Crippen LogP) is 5.60. The summed E-state index contributed by atoms with van der Waals surface area (Å²) in [6, 6.07) is 11.7. The maximum atomic E-state index is 11.4. The first kappa shape index (κ1) is 14.8. The quantitative estimate of drug-likeness (QED) is 0.638. The number of amides is 1. The molecule has 0 radical (unpaired) electrons. The molecule has 19 heavy (non-hydrogen) atoms. The third-order valence-corrected chi connectivity index (χ3v) is 4.28. The predicted molar refractivity (Wildman–Crippen MR) is 89.3 cm³/mol. The van der Waals surface area contributed by atoms with Crippen LogP contribution in [0.4, 0.5) is 5.69 Å². The van der Waals surface area contributed by atoms with Crippen molar-refractivity contribution in [2.75, 3.05) is 5.32 Å². The van der Waals surface area contributed by atoms with Gasteiger partial charge in [0.25, 0.3) is 0 Å². The molecule has 98 valence electrons. The molecule has 1 amide bonds. The molecule has 0 aromatic heterocycles. The first-order valence-electron chi connectivity index (χ1n) is 5.50. The number of anilines is 1. The minimum absolute atomic E-state index is 0.0988. The summed E-state index contributed by atoms with van der Waals surface area (Å²) in [6.45, 7) is 1.50. The molecule has 0 unspecified atom stereocenters. The zero-order valence-electron chi connectivity index (χ0n) is 10.0. The summed E-state index contributed by atoms with van der Waals surface area (Å²) < 4.78 is 2.79. The number of rotatable bonds is 2. The van der Waals surface area contributed by atoms with Crippen LogP contribution in [0.1, 0.15) is 6.92 Å². The first-order chi connectivity index (χ1) is 8.99. The molecule has 0 fully saturated rings. The van der Waals surface area contributed by atoms with Crippen molar-refractivity contribution in [3.63, 3.8) is 0 Å². The van der Waals surface area contributed by atoms with E-state index in [2.05, 4.69) is 53.1 Å². The fourth-order valence-electron chi connectivity index (χ4n) is 1.80. The monoisotopic (exact) mass is 445 g/mol. The van der Waals surface area contributed by atoms with Gasteiger partial charge in [-0.1, -0.05) is 66.0 Å². The van der Waals surface area contributed by atoms with E-state index in [4.69, 9.17) is 0 Å². The average molecular weight is 448 g/mol. The highest BCUT2D eigenvalue weighted by Crippen LogP contribution is 2.40. The highest BCUT2D eigenvalue weighted by atomic mass is 79.9. The van der Waals surface area contributed by atoms with Gasteiger partial charge in [-0.2, -0.15) is 0 Å². The van der Waals surface area contributed by atoms with Crippen molar-refractivity contribution in [1.29, 1.82) is 0 Å². The lowest BCUT2D eigenvalue weighted by molar-refractivity contribution is -0.114. The van der Waals surface area contributed by atoms with E-state index in [0.717, 1.165) is 30.2 Å². The van der Waals surface area contributed by atoms with Crippen LogP contribution in [-0.4, -0.2) is 5.91 Å². The molecule has 5 heteroatoms. The SMILES string of the molecule is CC(=O)Nc1cc(Br)cc(Br)c1-c1ccccc1Br. The van der Waals surface area contributed by atoms with Crippen LogP contribution in [0.3, 0.4) is 0 Å². The Hall–Kier alpha value is -0.650. The van der Waals surface area contributed by atoms with Crippen molar-refractivity contribution < 1.29 is 4.79 Å². The van der Waals surface area contributed by atoms with E-state index in [1.165, 1.54) is 6.92 Å². The third-order valence-electron chi connectivity index (χ3n) is 2.51. The summed E-state index contributed by atoms with van der Waals surface area (Å²) in [7, 11) is 0. The van der Waals surface area contributed by atoms with Gasteiger partial charge in [0.2, 0.25) is 5.91 Å². The number of hydrogen-bond donors (Lipinski definition) is 1. The van der Waals surface area contributed by atoms with Crippen molar-refractivity contribution in [3.05, 3.63) is 49.8 Å². The molecule has 0 saturated carbocycles. The molecule has 1 N–H and O–H groups in total. The minimum Gasteiger partial charge on any atom is -0.326 e. The van der Waals surface area contributed by atoms with E-state index in [-0.39, 0.29) is 5.91 Å². The summed E-state index contributed by atoms with van der Waals surface area (Å²) in [5.74, 6) is -0.0988. The number of benzene rings is 2. The zero-order valence-corrected chi connectivity index (χ0v) is 14.8. The number of carbonyl (C=O) groups excluding carboxylic acids is 1. The summed E-state index contributed by atoms with van der Waals surface area (Å²) >= 11 is 10.5. The molecule has 2 aromatic rings. The molecule has 0 saturated heterocycles. The molecule has 0 aliphatic rings. The lowest BCUT2D eigenvalue weighted by atomic mass is 10.0. The highest BCUT2D eigenvalue weighted by molar-refractivity contribution is 9.11. The van der Waals surface area contributed by atoms with E-state index >= 15 is 0 Å². The van der Waals surface area contributed by atoms with Crippen LogP contribution < -0.4 is 5.32 Å². The van der Waals surface area contributed by atoms with Gasteiger partial charge in [0.15, 0.2) is 0 Å². The second kappa shape index (κ2) is 6.20. The van der Waals surface area contributed by atoms with Gasteiger partial charge in [-0.05, 0) is 23.8 Å². The van der Waals surface area contributed by atoms with Crippen molar-refractivity contribution in [2.45, 2.75) is 6.92 Å². The Balaban J connectivity index is 2.68. The van der Waals surface area contributed by atoms with Crippen LogP contribution in [0, 0.1) is 0 Å². The molecule has 0 aliphatic heterocycles. The van der Waals surface area contributed by atoms with Gasteiger partial charge in [0, 0.05) is 25.9 Å². The molecular weight excluding hydrogens is 438 g/mol. The average Bonchev–Trinajstić information content (AvgIpc) is 2.29. The van der Waals surface area contributed by atoms with Crippen LogP contribution in [0.2, 0.25) is 0 Å². The summed E-state index contributed by atoms with van der Waals surface area (Å²) in [4.78, 5) is 11.4. The van der Waals surface area contributed by atoms with Crippen LogP contribution in [0.15, 0.2) is 49.8 Å². The second-order valence-electron chi connectivity index (χ2n) is 3.97. The van der Waals surface area contributed by atoms with E-state index in [1.807, 2.05) is 36.4 Å². The maximum absolute atomic E-state index is 11.4. The van der Waals surface area contributed by atoms with E-state index < -0.39 is 0 Å². The van der Waals surface area contributed by atoms with Crippen LogP contribution in [0.5, 0.6) is 0 Å². The van der Waals surface area contributed by atoms with Gasteiger partial charge in [-0.25, -0.2) is 0 Å². The normalized spacial score (nSPS) is 10.3. The Morgan fingerprint density at radius 3 is 2.37 bits per heavy atom. The molecule has 0 atom stereocenters. The first-order valence-corrected chi connectivity index (χ1v) is 7.88. The highest BCUT2D eigenvalue weighted by Gasteiger charge is 2.14. The minimum atomic E-state index is -0.0988. The summed E-state index contributed by atoms with van der Waals surface area (Å²) in [6.07, 6.45) is 0. The van der Waals surface area contributed by atoms with Crippen molar-refractivity contribution in [2.24, 2.45) is 0 Å². The Kier molecular flexibility index (Phi) is 4.81. The molecule has 2 nitrogen and oxygen atoms in total. The van der Waals surface area contributed by atoms with Gasteiger partial charge >= 0.3 is 0 Å². The zero-order chi connectivity index (χ0) is 14.0. The van der Waals surface area contributed by atoms with Crippen molar-refractivity contribution in [3.8, 4) is 11.1 Å². The van der Waals surface area contributed by atoms with Gasteiger partial charge in [-0.15, -0.1) is 0 Å². The number of halogens is 3. The summed E-state index contributed by atoms with van der Waals surface area (Å²) in [5, 5.41) is 2.86. The van der Waals surface area contributed by atoms with Crippen molar-refractivity contribution >= 4 is 59.4 Å². The van der Waals surface area contributed by atoms with Gasteiger partial charge in [0.05, 0.1) is 5.69 Å². The Morgan fingerprint density at radius 1 is 1.05 bits per heavy atom. The topological polar surface area (TPSA) is 29.1 Å².